The van der Waals surface area contributed by atoms with Gasteiger partial charge in [0.15, 0.2) is 0 Å². The van der Waals surface area contributed by atoms with Crippen LogP contribution < -0.4 is 9.47 Å². The van der Waals surface area contributed by atoms with Gasteiger partial charge in [0.1, 0.15) is 11.5 Å². The van der Waals surface area contributed by atoms with E-state index in [9.17, 15) is 0 Å². The Morgan fingerprint density at radius 2 is 0.597 bits per heavy atom. The molecule has 7 rings (SSSR count). The van der Waals surface area contributed by atoms with Gasteiger partial charge in [-0.15, -0.1) is 0 Å². The highest BCUT2D eigenvalue weighted by Gasteiger charge is 2.16. The van der Waals surface area contributed by atoms with Crippen LogP contribution in [0.5, 0.6) is 11.5 Å². The van der Waals surface area contributed by atoms with Gasteiger partial charge in [-0.25, -0.2) is 0 Å². The van der Waals surface area contributed by atoms with Gasteiger partial charge in [0.25, 0.3) is 0 Å². The Balaban J connectivity index is 1.10. The highest BCUT2D eigenvalue weighted by molar-refractivity contribution is 6.04. The molecule has 0 heterocycles. The maximum Gasteiger partial charge on any atom is 0.119 e. The lowest BCUT2D eigenvalue weighted by molar-refractivity contribution is 0.304. The second-order valence-electron chi connectivity index (χ2n) is 19.2. The van der Waals surface area contributed by atoms with Crippen molar-refractivity contribution in [2.75, 3.05) is 13.2 Å². The van der Waals surface area contributed by atoms with E-state index in [2.05, 4.69) is 232 Å². The maximum atomic E-state index is 6.22. The summed E-state index contributed by atoms with van der Waals surface area (Å²) in [5, 5.41) is 0. The summed E-state index contributed by atoms with van der Waals surface area (Å²) < 4.78 is 12.4. The average Bonchev–Trinajstić information content (AvgIpc) is 3.43. The number of ether oxygens (including phenoxy) is 2. The lowest BCUT2D eigenvalue weighted by Crippen LogP contribution is -1.97. The standard InChI is InChI=1S/C70H78O2/c1-3-5-7-9-11-13-15-26-50-71-67-38-28-30-58(55-67)41-44-61-52-60(53-62(54-61)45-42-59-31-29-39-68(56-59)72-51-27-16-14-12-10-8-6-4-2)43-40-57-46-48-66(49-47-57)70(65-36-24-19-25-37-65)69(63-32-20-17-21-33-63)64-34-22-18-23-35-64/h17-25,28-49,52-56H,3-16,26-27,50-51H2,1-2H3/b43-40+,44-41+,45-42+. The molecule has 0 radical (unpaired) electrons. The molecule has 0 fully saturated rings. The zero-order valence-electron chi connectivity index (χ0n) is 43.3. The SMILES string of the molecule is CCCCCCCCCCOc1cccc(/C=C/c2cc(/C=C/c3ccc(C(=C(c4ccccc4)c4ccccc4)c4ccccc4)cc3)cc(/C=C/c3cccc(OCCCCCCCCCC)c3)c2)c1. The number of hydrogen-bond acceptors (Lipinski definition) is 2. The summed E-state index contributed by atoms with van der Waals surface area (Å²) in [6, 6.07) is 65.0. The second kappa shape index (κ2) is 30.8. The summed E-state index contributed by atoms with van der Waals surface area (Å²) in [4.78, 5) is 0. The van der Waals surface area contributed by atoms with Gasteiger partial charge in [-0.3, -0.25) is 0 Å². The van der Waals surface area contributed by atoms with Crippen molar-refractivity contribution in [2.45, 2.75) is 117 Å². The number of hydrogen-bond donors (Lipinski definition) is 0. The van der Waals surface area contributed by atoms with Crippen LogP contribution in [0.25, 0.3) is 47.6 Å². The van der Waals surface area contributed by atoms with Crippen molar-refractivity contribution in [2.24, 2.45) is 0 Å². The molecule has 0 aliphatic carbocycles. The first-order valence-corrected chi connectivity index (χ1v) is 27.3. The smallest absolute Gasteiger partial charge is 0.119 e. The van der Waals surface area contributed by atoms with Crippen molar-refractivity contribution < 1.29 is 9.47 Å². The molecule has 0 saturated heterocycles. The van der Waals surface area contributed by atoms with Crippen LogP contribution in [0.1, 0.15) is 172 Å². The maximum absolute atomic E-state index is 6.22. The minimum absolute atomic E-state index is 0.760. The van der Waals surface area contributed by atoms with Gasteiger partial charge in [0.05, 0.1) is 13.2 Å². The molecule has 0 aliphatic heterocycles. The van der Waals surface area contributed by atoms with E-state index in [-0.39, 0.29) is 0 Å². The molecule has 0 amide bonds. The Morgan fingerprint density at radius 1 is 0.278 bits per heavy atom. The van der Waals surface area contributed by atoms with E-state index in [0.29, 0.717) is 0 Å². The first-order chi connectivity index (χ1) is 35.6. The zero-order chi connectivity index (χ0) is 49.7. The summed E-state index contributed by atoms with van der Waals surface area (Å²) >= 11 is 0. The molecule has 0 aliphatic rings. The van der Waals surface area contributed by atoms with Gasteiger partial charge in [-0.2, -0.15) is 0 Å². The highest BCUT2D eigenvalue weighted by Crippen LogP contribution is 2.37. The molecule has 0 spiro atoms. The van der Waals surface area contributed by atoms with Crippen LogP contribution in [0.4, 0.5) is 0 Å². The summed E-state index contributed by atoms with van der Waals surface area (Å²) in [6.07, 6.45) is 34.0. The largest absolute Gasteiger partial charge is 0.494 e. The van der Waals surface area contributed by atoms with Crippen molar-refractivity contribution in [1.29, 1.82) is 0 Å². The van der Waals surface area contributed by atoms with Gasteiger partial charge >= 0.3 is 0 Å². The Kier molecular flexibility index (Phi) is 22.6. The van der Waals surface area contributed by atoms with Gasteiger partial charge in [0.2, 0.25) is 0 Å². The molecule has 0 unspecified atom stereocenters. The van der Waals surface area contributed by atoms with E-state index >= 15 is 0 Å². The average molecular weight is 951 g/mol. The van der Waals surface area contributed by atoms with Crippen LogP contribution in [0, 0.1) is 0 Å². The third kappa shape index (κ3) is 18.1. The van der Waals surface area contributed by atoms with E-state index in [4.69, 9.17) is 9.47 Å². The predicted molar refractivity (Wildman–Crippen MR) is 313 cm³/mol. The second-order valence-corrected chi connectivity index (χ2v) is 19.2. The molecular weight excluding hydrogens is 873 g/mol. The van der Waals surface area contributed by atoms with Crippen LogP contribution in [0.15, 0.2) is 182 Å². The lowest BCUT2D eigenvalue weighted by Gasteiger charge is -2.18. The lowest BCUT2D eigenvalue weighted by atomic mass is 9.85. The van der Waals surface area contributed by atoms with Gasteiger partial charge in [0, 0.05) is 0 Å². The third-order valence-electron chi connectivity index (χ3n) is 13.3. The van der Waals surface area contributed by atoms with Crippen molar-refractivity contribution in [1.82, 2.24) is 0 Å². The third-order valence-corrected chi connectivity index (χ3v) is 13.3. The van der Waals surface area contributed by atoms with Crippen LogP contribution in [0.2, 0.25) is 0 Å². The molecule has 0 bridgehead atoms. The molecule has 0 aromatic heterocycles. The molecule has 7 aromatic carbocycles. The quantitative estimate of drug-likeness (QED) is 0.0330. The minimum Gasteiger partial charge on any atom is -0.494 e. The van der Waals surface area contributed by atoms with Crippen LogP contribution in [-0.2, 0) is 0 Å². The Bertz CT molecular complexity index is 2610. The van der Waals surface area contributed by atoms with Crippen LogP contribution in [-0.4, -0.2) is 13.2 Å². The fourth-order valence-corrected chi connectivity index (χ4v) is 9.32. The van der Waals surface area contributed by atoms with E-state index in [0.717, 1.165) is 70.9 Å². The van der Waals surface area contributed by atoms with Crippen molar-refractivity contribution in [3.63, 3.8) is 0 Å². The summed E-state index contributed by atoms with van der Waals surface area (Å²) in [5.41, 5.74) is 13.9. The Hall–Kier alpha value is -6.90. The van der Waals surface area contributed by atoms with Gasteiger partial charge < -0.3 is 9.47 Å². The molecular formula is C70H78O2. The molecule has 2 heteroatoms. The summed E-state index contributed by atoms with van der Waals surface area (Å²) in [7, 11) is 0. The summed E-state index contributed by atoms with van der Waals surface area (Å²) in [5.74, 6) is 1.86. The molecule has 0 saturated carbocycles. The minimum atomic E-state index is 0.760. The summed E-state index contributed by atoms with van der Waals surface area (Å²) in [6.45, 7) is 6.07. The Morgan fingerprint density at radius 3 is 0.972 bits per heavy atom. The number of benzene rings is 7. The van der Waals surface area contributed by atoms with Crippen molar-refractivity contribution in [3.8, 4) is 11.5 Å². The monoisotopic (exact) mass is 951 g/mol. The fourth-order valence-electron chi connectivity index (χ4n) is 9.32. The predicted octanol–water partition coefficient (Wildman–Crippen LogP) is 20.2. The van der Waals surface area contributed by atoms with Crippen LogP contribution >= 0.6 is 0 Å². The van der Waals surface area contributed by atoms with Crippen molar-refractivity contribution in [3.05, 3.63) is 238 Å². The van der Waals surface area contributed by atoms with Crippen LogP contribution in [0.3, 0.4) is 0 Å². The number of rotatable bonds is 30. The normalized spacial score (nSPS) is 11.5. The van der Waals surface area contributed by atoms with Gasteiger partial charge in [-0.05, 0) is 122 Å². The highest BCUT2D eigenvalue weighted by atomic mass is 16.5. The Labute approximate surface area is 433 Å². The van der Waals surface area contributed by atoms with E-state index in [1.54, 1.807) is 0 Å². The molecule has 2 nitrogen and oxygen atoms in total. The molecule has 370 valence electrons. The first kappa shape index (κ1) is 52.9. The van der Waals surface area contributed by atoms with E-state index in [1.165, 1.54) is 123 Å². The van der Waals surface area contributed by atoms with E-state index < -0.39 is 0 Å². The van der Waals surface area contributed by atoms with Crippen molar-refractivity contribution >= 4 is 47.6 Å². The van der Waals surface area contributed by atoms with Gasteiger partial charge in [-0.1, -0.05) is 280 Å². The molecule has 7 aromatic rings. The molecule has 0 atom stereocenters. The molecule has 0 N–H and O–H groups in total. The fraction of sp³-hybridized carbons (Fsp3) is 0.286. The molecule has 72 heavy (non-hydrogen) atoms. The number of unbranched alkanes of at least 4 members (excludes halogenated alkanes) is 14. The zero-order valence-corrected chi connectivity index (χ0v) is 43.3. The topological polar surface area (TPSA) is 18.5 Å². The van der Waals surface area contributed by atoms with E-state index in [1.807, 2.05) is 0 Å². The first-order valence-electron chi connectivity index (χ1n) is 27.3.